The van der Waals surface area contributed by atoms with Crippen molar-refractivity contribution in [1.29, 1.82) is 0 Å². The van der Waals surface area contributed by atoms with Crippen molar-refractivity contribution < 1.29 is 21.6 Å². The number of thiazole rings is 1. The van der Waals surface area contributed by atoms with Gasteiger partial charge in [0.2, 0.25) is 0 Å². The number of alkyl halides is 3. The van der Waals surface area contributed by atoms with Crippen molar-refractivity contribution in [2.75, 3.05) is 32.1 Å². The van der Waals surface area contributed by atoms with Crippen LogP contribution in [0, 0.1) is 0 Å². The molecule has 0 bridgehead atoms. The predicted molar refractivity (Wildman–Crippen MR) is 79.9 cm³/mol. The van der Waals surface area contributed by atoms with Crippen molar-refractivity contribution in [3.8, 4) is 0 Å². The van der Waals surface area contributed by atoms with Gasteiger partial charge < -0.3 is 10.6 Å². The standard InChI is InChI=1S/C11H17F3N4O2S2/c1-15-10(17-5-6-22(2,19)20)16-4-3-9-18-8(7-21-9)11(12,13)14/h7H,3-6H2,1-2H3,(H2,15,16,17). The van der Waals surface area contributed by atoms with Crippen LogP contribution < -0.4 is 10.6 Å². The summed E-state index contributed by atoms with van der Waals surface area (Å²) in [6.45, 7) is 0.539. The zero-order valence-electron chi connectivity index (χ0n) is 12.1. The minimum Gasteiger partial charge on any atom is -0.356 e. The van der Waals surface area contributed by atoms with E-state index in [1.54, 1.807) is 0 Å². The molecule has 1 heterocycles. The monoisotopic (exact) mass is 358 g/mol. The molecule has 0 saturated heterocycles. The molecule has 11 heteroatoms. The van der Waals surface area contributed by atoms with E-state index in [9.17, 15) is 21.6 Å². The van der Waals surface area contributed by atoms with Crippen LogP contribution in [-0.2, 0) is 22.4 Å². The maximum atomic E-state index is 12.4. The van der Waals surface area contributed by atoms with Gasteiger partial charge in [-0.15, -0.1) is 11.3 Å². The third kappa shape index (κ3) is 7.07. The number of guanidine groups is 1. The molecule has 0 aliphatic heterocycles. The lowest BCUT2D eigenvalue weighted by molar-refractivity contribution is -0.140. The fraction of sp³-hybridized carbons (Fsp3) is 0.636. The van der Waals surface area contributed by atoms with Crippen LogP contribution in [-0.4, -0.2) is 51.5 Å². The average Bonchev–Trinajstić information content (AvgIpc) is 2.84. The molecule has 0 unspecified atom stereocenters. The number of hydrogen-bond donors (Lipinski definition) is 2. The normalized spacial score (nSPS) is 13.2. The molecule has 22 heavy (non-hydrogen) atoms. The Morgan fingerprint density at radius 1 is 1.36 bits per heavy atom. The van der Waals surface area contributed by atoms with E-state index in [4.69, 9.17) is 0 Å². The number of halogens is 3. The second-order valence-corrected chi connectivity index (χ2v) is 7.63. The highest BCUT2D eigenvalue weighted by atomic mass is 32.2. The quantitative estimate of drug-likeness (QED) is 0.583. The summed E-state index contributed by atoms with van der Waals surface area (Å²) in [4.78, 5) is 7.40. The first-order valence-electron chi connectivity index (χ1n) is 6.25. The van der Waals surface area contributed by atoms with Gasteiger partial charge in [0.15, 0.2) is 11.7 Å². The highest BCUT2D eigenvalue weighted by molar-refractivity contribution is 7.90. The lowest BCUT2D eigenvalue weighted by atomic mass is 10.4. The largest absolute Gasteiger partial charge is 0.434 e. The van der Waals surface area contributed by atoms with Gasteiger partial charge in [0.05, 0.1) is 10.8 Å². The van der Waals surface area contributed by atoms with Gasteiger partial charge in [0.1, 0.15) is 9.84 Å². The maximum absolute atomic E-state index is 12.4. The van der Waals surface area contributed by atoms with E-state index < -0.39 is 21.7 Å². The lowest BCUT2D eigenvalue weighted by Gasteiger charge is -2.10. The molecule has 0 aliphatic rings. The summed E-state index contributed by atoms with van der Waals surface area (Å²) < 4.78 is 59.1. The third-order valence-electron chi connectivity index (χ3n) is 2.46. The van der Waals surface area contributed by atoms with Gasteiger partial charge in [-0.2, -0.15) is 13.2 Å². The van der Waals surface area contributed by atoms with Crippen LogP contribution in [0.1, 0.15) is 10.7 Å². The maximum Gasteiger partial charge on any atom is 0.434 e. The van der Waals surface area contributed by atoms with Gasteiger partial charge in [-0.3, -0.25) is 4.99 Å². The molecule has 1 rings (SSSR count). The molecule has 6 nitrogen and oxygen atoms in total. The van der Waals surface area contributed by atoms with Gasteiger partial charge >= 0.3 is 6.18 Å². The van der Waals surface area contributed by atoms with Gasteiger partial charge in [-0.05, 0) is 0 Å². The molecular weight excluding hydrogens is 341 g/mol. The molecular formula is C11H17F3N4O2S2. The fourth-order valence-corrected chi connectivity index (χ4v) is 2.70. The zero-order chi connectivity index (χ0) is 16.8. The summed E-state index contributed by atoms with van der Waals surface area (Å²) >= 11 is 0.946. The minimum absolute atomic E-state index is 0.0326. The molecule has 0 atom stereocenters. The first-order valence-corrected chi connectivity index (χ1v) is 9.19. The van der Waals surface area contributed by atoms with Crippen LogP contribution in [0.15, 0.2) is 10.4 Å². The molecule has 0 saturated carbocycles. The van der Waals surface area contributed by atoms with E-state index in [0.29, 0.717) is 23.9 Å². The van der Waals surface area contributed by atoms with Crippen LogP contribution in [0.25, 0.3) is 0 Å². The predicted octanol–water partition coefficient (Wildman–Crippen LogP) is 0.914. The van der Waals surface area contributed by atoms with E-state index in [1.807, 2.05) is 0 Å². The third-order valence-corrected chi connectivity index (χ3v) is 4.32. The molecule has 0 aromatic carbocycles. The Hall–Kier alpha value is -1.36. The summed E-state index contributed by atoms with van der Waals surface area (Å²) in [5.41, 5.74) is -0.886. The van der Waals surface area contributed by atoms with Crippen molar-refractivity contribution >= 4 is 27.1 Å². The summed E-state index contributed by atoms with van der Waals surface area (Å²) in [6, 6.07) is 0. The Morgan fingerprint density at radius 2 is 2.00 bits per heavy atom. The van der Waals surface area contributed by atoms with E-state index in [1.165, 1.54) is 7.05 Å². The Bertz CT molecular complexity index is 611. The van der Waals surface area contributed by atoms with Gasteiger partial charge in [-0.1, -0.05) is 0 Å². The number of aliphatic imine (C=N–C) groups is 1. The summed E-state index contributed by atoms with van der Waals surface area (Å²) in [7, 11) is -1.55. The fourth-order valence-electron chi connectivity index (χ4n) is 1.42. The Morgan fingerprint density at radius 3 is 2.50 bits per heavy atom. The number of rotatable bonds is 6. The second-order valence-electron chi connectivity index (χ2n) is 4.43. The van der Waals surface area contributed by atoms with Crippen LogP contribution in [0.2, 0.25) is 0 Å². The number of sulfone groups is 1. The topological polar surface area (TPSA) is 83.4 Å². The summed E-state index contributed by atoms with van der Waals surface area (Å²) in [6.07, 6.45) is -2.98. The smallest absolute Gasteiger partial charge is 0.356 e. The highest BCUT2D eigenvalue weighted by Gasteiger charge is 2.33. The van der Waals surface area contributed by atoms with Gasteiger partial charge in [-0.25, -0.2) is 13.4 Å². The number of nitrogens with zero attached hydrogens (tertiary/aromatic N) is 2. The molecule has 0 fully saturated rings. The molecule has 0 aliphatic carbocycles. The summed E-state index contributed by atoms with van der Waals surface area (Å²) in [5, 5.41) is 7.03. The van der Waals surface area contributed by atoms with Gasteiger partial charge in [0, 0.05) is 38.2 Å². The molecule has 1 aromatic rings. The van der Waals surface area contributed by atoms with E-state index in [0.717, 1.165) is 23.0 Å². The van der Waals surface area contributed by atoms with Crippen molar-refractivity contribution in [1.82, 2.24) is 15.6 Å². The van der Waals surface area contributed by atoms with Crippen molar-refractivity contribution in [3.05, 3.63) is 16.1 Å². The molecule has 0 amide bonds. The van der Waals surface area contributed by atoms with Crippen LogP contribution >= 0.6 is 11.3 Å². The first kappa shape index (κ1) is 18.7. The van der Waals surface area contributed by atoms with E-state index in [-0.39, 0.29) is 12.3 Å². The SMILES string of the molecule is CN=C(NCCc1nc(C(F)(F)F)cs1)NCCS(C)(=O)=O. The highest BCUT2D eigenvalue weighted by Crippen LogP contribution is 2.29. The minimum atomic E-state index is -4.43. The Balaban J connectivity index is 2.37. The Kier molecular flexibility index (Phi) is 6.60. The Labute approximate surface area is 130 Å². The molecule has 2 N–H and O–H groups in total. The van der Waals surface area contributed by atoms with Crippen LogP contribution in [0.3, 0.4) is 0 Å². The second kappa shape index (κ2) is 7.77. The molecule has 126 valence electrons. The van der Waals surface area contributed by atoms with Crippen molar-refractivity contribution in [2.45, 2.75) is 12.6 Å². The van der Waals surface area contributed by atoms with Crippen molar-refractivity contribution in [3.63, 3.8) is 0 Å². The number of nitrogens with one attached hydrogen (secondary N) is 2. The summed E-state index contributed by atoms with van der Waals surface area (Å²) in [5.74, 6) is 0.353. The zero-order valence-corrected chi connectivity index (χ0v) is 13.7. The first-order chi connectivity index (χ1) is 10.1. The van der Waals surface area contributed by atoms with Crippen LogP contribution in [0.4, 0.5) is 13.2 Å². The number of aromatic nitrogens is 1. The molecule has 0 spiro atoms. The van der Waals surface area contributed by atoms with Crippen LogP contribution in [0.5, 0.6) is 0 Å². The van der Waals surface area contributed by atoms with Gasteiger partial charge in [0.25, 0.3) is 0 Å². The lowest BCUT2D eigenvalue weighted by Crippen LogP contribution is -2.40. The number of hydrogen-bond acceptors (Lipinski definition) is 5. The van der Waals surface area contributed by atoms with E-state index in [2.05, 4.69) is 20.6 Å². The molecule has 0 radical (unpaired) electrons. The van der Waals surface area contributed by atoms with Crippen molar-refractivity contribution in [2.24, 2.45) is 4.99 Å². The average molecular weight is 358 g/mol. The van der Waals surface area contributed by atoms with E-state index >= 15 is 0 Å². The molecule has 1 aromatic heterocycles.